The van der Waals surface area contributed by atoms with Crippen molar-refractivity contribution in [2.45, 2.75) is 59.1 Å². The van der Waals surface area contributed by atoms with Crippen LogP contribution in [0, 0.1) is 5.41 Å². The van der Waals surface area contributed by atoms with E-state index < -0.39 is 11.1 Å². The van der Waals surface area contributed by atoms with Crippen LogP contribution in [0.25, 0.3) is 0 Å². The van der Waals surface area contributed by atoms with Crippen molar-refractivity contribution in [2.24, 2.45) is 5.41 Å². The number of carbonyl (C=O) groups excluding carboxylic acids is 1. The number of hydrogen-bond acceptors (Lipinski definition) is 3. The Kier molecular flexibility index (Phi) is 3.50. The molecule has 1 saturated heterocycles. The Balaban J connectivity index is 2.85. The molecule has 1 heterocycles. The first-order chi connectivity index (χ1) is 7.49. The first-order valence-electron chi connectivity index (χ1n) is 6.11. The number of carbonyl (C=O) groups is 1. The second kappa shape index (κ2) is 4.16. The highest BCUT2D eigenvalue weighted by Gasteiger charge is 2.49. The van der Waals surface area contributed by atoms with Crippen LogP contribution in [0.1, 0.15) is 48.0 Å². The lowest BCUT2D eigenvalue weighted by molar-refractivity contribution is -0.000297. The average molecular weight is 243 g/mol. The van der Waals surface area contributed by atoms with Gasteiger partial charge in [0.15, 0.2) is 0 Å². The molecule has 0 aromatic heterocycles. The van der Waals surface area contributed by atoms with Crippen LogP contribution < -0.4 is 0 Å². The lowest BCUT2D eigenvalue weighted by Gasteiger charge is -2.34. The summed E-state index contributed by atoms with van der Waals surface area (Å²) in [6.45, 7) is 12.3. The van der Waals surface area contributed by atoms with E-state index in [-0.39, 0.29) is 18.1 Å². The van der Waals surface area contributed by atoms with Crippen LogP contribution in [-0.4, -0.2) is 40.4 Å². The third-order valence-corrected chi connectivity index (χ3v) is 3.05. The average Bonchev–Trinajstić information content (AvgIpc) is 2.34. The summed E-state index contributed by atoms with van der Waals surface area (Å²) in [6.07, 6.45) is 0.454. The Morgan fingerprint density at radius 1 is 1.35 bits per heavy atom. The van der Waals surface area contributed by atoms with Crippen LogP contribution in [0.2, 0.25) is 0 Å². The number of hydrogen-bond donors (Lipinski definition) is 1. The van der Waals surface area contributed by atoms with E-state index in [0.717, 1.165) is 6.42 Å². The molecule has 0 aromatic rings. The number of likely N-dealkylation sites (tertiary alicyclic amines) is 1. The molecule has 0 aromatic carbocycles. The zero-order valence-corrected chi connectivity index (χ0v) is 11.8. The standard InChI is InChI=1S/C13H25NO3/c1-11(2,3)17-10(16)14-8-12(4,5)7-13(14,6)9-15/h15H,7-9H2,1-6H3/t13-/m0/s1. The van der Waals surface area contributed by atoms with Gasteiger partial charge >= 0.3 is 6.09 Å². The maximum Gasteiger partial charge on any atom is 0.410 e. The summed E-state index contributed by atoms with van der Waals surface area (Å²) in [5.74, 6) is 0. The zero-order chi connectivity index (χ0) is 13.5. The summed E-state index contributed by atoms with van der Waals surface area (Å²) in [4.78, 5) is 13.8. The van der Waals surface area contributed by atoms with E-state index in [1.807, 2.05) is 27.7 Å². The van der Waals surface area contributed by atoms with E-state index >= 15 is 0 Å². The summed E-state index contributed by atoms with van der Waals surface area (Å²) in [7, 11) is 0. The predicted molar refractivity (Wildman–Crippen MR) is 66.8 cm³/mol. The molecule has 1 aliphatic heterocycles. The molecule has 0 radical (unpaired) electrons. The summed E-state index contributed by atoms with van der Waals surface area (Å²) in [5, 5.41) is 9.53. The van der Waals surface area contributed by atoms with Crippen molar-refractivity contribution in [1.82, 2.24) is 4.90 Å². The number of ether oxygens (including phenoxy) is 1. The van der Waals surface area contributed by atoms with E-state index in [0.29, 0.717) is 6.54 Å². The van der Waals surface area contributed by atoms with E-state index in [1.54, 1.807) is 4.90 Å². The van der Waals surface area contributed by atoms with Gasteiger partial charge in [0.05, 0.1) is 12.1 Å². The minimum atomic E-state index is -0.508. The number of nitrogens with zero attached hydrogens (tertiary/aromatic N) is 1. The fourth-order valence-electron chi connectivity index (χ4n) is 2.54. The highest BCUT2D eigenvalue weighted by Crippen LogP contribution is 2.41. The van der Waals surface area contributed by atoms with Crippen LogP contribution in [0.4, 0.5) is 4.79 Å². The molecule has 0 unspecified atom stereocenters. The topological polar surface area (TPSA) is 49.8 Å². The Hall–Kier alpha value is -0.770. The van der Waals surface area contributed by atoms with Crippen molar-refractivity contribution in [1.29, 1.82) is 0 Å². The quantitative estimate of drug-likeness (QED) is 0.769. The monoisotopic (exact) mass is 243 g/mol. The van der Waals surface area contributed by atoms with Crippen LogP contribution in [-0.2, 0) is 4.74 Å². The molecule has 17 heavy (non-hydrogen) atoms. The lowest BCUT2D eigenvalue weighted by Crippen LogP contribution is -2.49. The number of amides is 1. The first kappa shape index (κ1) is 14.3. The molecule has 0 aliphatic carbocycles. The summed E-state index contributed by atoms with van der Waals surface area (Å²) in [5.41, 5.74) is -0.986. The Bertz CT molecular complexity index is 306. The molecule has 0 saturated carbocycles. The van der Waals surface area contributed by atoms with Crippen molar-refractivity contribution in [2.75, 3.05) is 13.2 Å². The lowest BCUT2D eigenvalue weighted by atomic mass is 9.85. The second-order valence-electron chi connectivity index (χ2n) is 7.06. The molecule has 1 atom stereocenters. The molecule has 1 fully saturated rings. The van der Waals surface area contributed by atoms with Gasteiger partial charge in [-0.2, -0.15) is 0 Å². The molecule has 0 spiro atoms. The third-order valence-electron chi connectivity index (χ3n) is 3.05. The minimum Gasteiger partial charge on any atom is -0.444 e. The molecular weight excluding hydrogens is 218 g/mol. The Labute approximate surface area is 104 Å². The molecule has 1 aliphatic rings. The molecule has 1 rings (SSSR count). The highest BCUT2D eigenvalue weighted by atomic mass is 16.6. The molecular formula is C13H25NO3. The molecule has 1 amide bonds. The molecule has 100 valence electrons. The van der Waals surface area contributed by atoms with Gasteiger partial charge in [-0.1, -0.05) is 13.8 Å². The van der Waals surface area contributed by atoms with Crippen LogP contribution in [0.15, 0.2) is 0 Å². The van der Waals surface area contributed by atoms with Gasteiger partial charge in [0, 0.05) is 6.54 Å². The van der Waals surface area contributed by atoms with Gasteiger partial charge in [-0.05, 0) is 39.5 Å². The van der Waals surface area contributed by atoms with E-state index in [1.165, 1.54) is 0 Å². The van der Waals surface area contributed by atoms with E-state index in [9.17, 15) is 9.90 Å². The highest BCUT2D eigenvalue weighted by molar-refractivity contribution is 5.70. The summed E-state index contributed by atoms with van der Waals surface area (Å²) < 4.78 is 5.39. The van der Waals surface area contributed by atoms with Gasteiger partial charge in [-0.3, -0.25) is 4.90 Å². The Morgan fingerprint density at radius 3 is 2.29 bits per heavy atom. The number of rotatable bonds is 1. The van der Waals surface area contributed by atoms with Gasteiger partial charge in [0.1, 0.15) is 5.60 Å². The van der Waals surface area contributed by atoms with Crippen LogP contribution >= 0.6 is 0 Å². The van der Waals surface area contributed by atoms with Crippen LogP contribution in [0.3, 0.4) is 0 Å². The molecule has 0 bridgehead atoms. The maximum atomic E-state index is 12.1. The largest absolute Gasteiger partial charge is 0.444 e. The van der Waals surface area contributed by atoms with Crippen molar-refractivity contribution < 1.29 is 14.6 Å². The van der Waals surface area contributed by atoms with Crippen molar-refractivity contribution in [3.63, 3.8) is 0 Å². The number of aliphatic hydroxyl groups is 1. The fourth-order valence-corrected chi connectivity index (χ4v) is 2.54. The van der Waals surface area contributed by atoms with Gasteiger partial charge in [-0.15, -0.1) is 0 Å². The number of aliphatic hydroxyl groups excluding tert-OH is 1. The van der Waals surface area contributed by atoms with Gasteiger partial charge in [0.25, 0.3) is 0 Å². The van der Waals surface area contributed by atoms with E-state index in [4.69, 9.17) is 4.74 Å². The second-order valence-corrected chi connectivity index (χ2v) is 7.06. The predicted octanol–water partition coefficient (Wildman–Crippen LogP) is 2.40. The minimum absolute atomic E-state index is 0.0222. The normalized spacial score (nSPS) is 28.3. The Morgan fingerprint density at radius 2 is 1.88 bits per heavy atom. The van der Waals surface area contributed by atoms with Crippen molar-refractivity contribution in [3.05, 3.63) is 0 Å². The fraction of sp³-hybridized carbons (Fsp3) is 0.923. The molecule has 1 N–H and O–H groups in total. The van der Waals surface area contributed by atoms with E-state index in [2.05, 4.69) is 13.8 Å². The van der Waals surface area contributed by atoms with Gasteiger partial charge in [-0.25, -0.2) is 4.79 Å². The van der Waals surface area contributed by atoms with Crippen molar-refractivity contribution >= 4 is 6.09 Å². The third kappa shape index (κ3) is 3.35. The SMILES string of the molecule is CC1(C)CN(C(=O)OC(C)(C)C)[C@](C)(CO)C1. The maximum absolute atomic E-state index is 12.1. The smallest absolute Gasteiger partial charge is 0.410 e. The molecule has 4 nitrogen and oxygen atoms in total. The van der Waals surface area contributed by atoms with Crippen molar-refractivity contribution in [3.8, 4) is 0 Å². The van der Waals surface area contributed by atoms with Crippen LogP contribution in [0.5, 0.6) is 0 Å². The zero-order valence-electron chi connectivity index (χ0n) is 11.8. The molecule has 4 heteroatoms. The summed E-state index contributed by atoms with van der Waals surface area (Å²) in [6, 6.07) is 0. The summed E-state index contributed by atoms with van der Waals surface area (Å²) >= 11 is 0. The first-order valence-corrected chi connectivity index (χ1v) is 6.11. The van der Waals surface area contributed by atoms with Gasteiger partial charge in [0.2, 0.25) is 0 Å². The van der Waals surface area contributed by atoms with Gasteiger partial charge < -0.3 is 9.84 Å².